The van der Waals surface area contributed by atoms with Gasteiger partial charge in [-0.1, -0.05) is 18.5 Å². The quantitative estimate of drug-likeness (QED) is 0.528. The number of benzene rings is 1. The van der Waals surface area contributed by atoms with E-state index in [-0.39, 0.29) is 23.6 Å². The Balaban J connectivity index is 1.79. The molecule has 0 spiro atoms. The van der Waals surface area contributed by atoms with Crippen molar-refractivity contribution in [2.45, 2.75) is 39.2 Å². The molecule has 1 unspecified atom stereocenters. The van der Waals surface area contributed by atoms with Crippen LogP contribution in [-0.4, -0.2) is 45.9 Å². The summed E-state index contributed by atoms with van der Waals surface area (Å²) in [5, 5.41) is 9.52. The van der Waals surface area contributed by atoms with Crippen LogP contribution in [0.25, 0.3) is 0 Å². The highest BCUT2D eigenvalue weighted by Gasteiger charge is 2.19. The lowest BCUT2D eigenvalue weighted by Gasteiger charge is -2.18. The Morgan fingerprint density at radius 1 is 1.30 bits per heavy atom. The van der Waals surface area contributed by atoms with Crippen molar-refractivity contribution >= 4 is 46.7 Å². The molecule has 2 aromatic rings. The maximum absolute atomic E-state index is 12.4. The van der Waals surface area contributed by atoms with Crippen molar-refractivity contribution in [1.29, 1.82) is 0 Å². The smallest absolute Gasteiger partial charge is 0.321 e. The third-order valence-corrected chi connectivity index (χ3v) is 5.24. The van der Waals surface area contributed by atoms with E-state index in [0.29, 0.717) is 22.2 Å². The van der Waals surface area contributed by atoms with Crippen LogP contribution < -0.4 is 21.7 Å². The second-order valence-electron chi connectivity index (χ2n) is 7.22. The largest absolute Gasteiger partial charge is 0.367 e. The Kier molecular flexibility index (Phi) is 6.94. The summed E-state index contributed by atoms with van der Waals surface area (Å²) in [5.74, 6) is 0.0431. The molecule has 1 aromatic carbocycles. The second kappa shape index (κ2) is 9.62. The van der Waals surface area contributed by atoms with Gasteiger partial charge in [-0.2, -0.15) is 4.98 Å². The Labute approximate surface area is 180 Å². The monoisotopic (exact) mass is 431 g/mol. The van der Waals surface area contributed by atoms with Gasteiger partial charge in [-0.25, -0.2) is 9.78 Å². The number of halogens is 1. The zero-order chi connectivity index (χ0) is 21.7. The number of hydrogen-bond acceptors (Lipinski definition) is 6. The fourth-order valence-electron chi connectivity index (χ4n) is 3.01. The van der Waals surface area contributed by atoms with Crippen LogP contribution >= 0.6 is 11.6 Å². The van der Waals surface area contributed by atoms with Gasteiger partial charge in [0.1, 0.15) is 5.82 Å². The first-order valence-electron chi connectivity index (χ1n) is 9.93. The number of hydrogen-bond donors (Lipinski definition) is 4. The molecule has 5 N–H and O–H groups in total. The number of anilines is 4. The molecule has 0 radical (unpaired) electrons. The summed E-state index contributed by atoms with van der Waals surface area (Å²) >= 11 is 6.25. The van der Waals surface area contributed by atoms with Gasteiger partial charge in [0.2, 0.25) is 5.95 Å². The molecule has 1 aromatic heterocycles. The fourth-order valence-corrected chi connectivity index (χ4v) is 3.18. The van der Waals surface area contributed by atoms with Gasteiger partial charge in [-0.15, -0.1) is 0 Å². The number of nitrogens with zero attached hydrogens (tertiary/aromatic N) is 3. The van der Waals surface area contributed by atoms with E-state index in [1.165, 1.54) is 6.20 Å². The van der Waals surface area contributed by atoms with Crippen LogP contribution in [0.3, 0.4) is 0 Å². The molecule has 1 fully saturated rings. The summed E-state index contributed by atoms with van der Waals surface area (Å²) in [7, 11) is 0. The topological polar surface area (TPSA) is 125 Å². The van der Waals surface area contributed by atoms with Gasteiger partial charge < -0.3 is 26.6 Å². The number of nitrogens with two attached hydrogens (primary N) is 1. The van der Waals surface area contributed by atoms with Crippen molar-refractivity contribution in [3.05, 3.63) is 35.0 Å². The molecule has 3 rings (SSSR count). The summed E-state index contributed by atoms with van der Waals surface area (Å²) in [6.45, 7) is 5.49. The Morgan fingerprint density at radius 2 is 2.03 bits per heavy atom. The van der Waals surface area contributed by atoms with E-state index in [1.54, 1.807) is 23.1 Å². The molecule has 1 aliphatic rings. The Hall–Kier alpha value is -3.07. The molecular formula is C20H26ClN7O2. The lowest BCUT2D eigenvalue weighted by Crippen LogP contribution is -2.32. The molecule has 3 amide bonds. The van der Waals surface area contributed by atoms with Gasteiger partial charge in [0.15, 0.2) is 0 Å². The van der Waals surface area contributed by atoms with E-state index in [1.807, 2.05) is 13.8 Å². The number of likely N-dealkylation sites (tertiary alicyclic amines) is 1. The standard InChI is InChI=1S/C20H26ClN7O2/c1-3-12(2)24-18-14(17(22)29)11-23-19(27-18)25-13-6-7-15(21)16(10-13)26-20(30)28-8-4-5-9-28/h6-7,10-12H,3-5,8-9H2,1-2H3,(H2,22,29)(H,26,30)(H2,23,24,25,27). The number of rotatable bonds is 7. The van der Waals surface area contributed by atoms with Crippen LogP contribution in [0.1, 0.15) is 43.5 Å². The zero-order valence-corrected chi connectivity index (χ0v) is 17.8. The predicted molar refractivity (Wildman–Crippen MR) is 118 cm³/mol. The van der Waals surface area contributed by atoms with Gasteiger partial charge in [0, 0.05) is 31.0 Å². The molecule has 1 atom stereocenters. The van der Waals surface area contributed by atoms with Crippen molar-refractivity contribution in [2.24, 2.45) is 5.73 Å². The molecule has 1 aliphatic heterocycles. The molecule has 30 heavy (non-hydrogen) atoms. The number of urea groups is 1. The zero-order valence-electron chi connectivity index (χ0n) is 17.0. The lowest BCUT2D eigenvalue weighted by atomic mass is 10.2. The lowest BCUT2D eigenvalue weighted by molar-refractivity contribution is 0.100. The van der Waals surface area contributed by atoms with E-state index < -0.39 is 5.91 Å². The minimum Gasteiger partial charge on any atom is -0.367 e. The van der Waals surface area contributed by atoms with Gasteiger partial charge in [-0.3, -0.25) is 4.79 Å². The Bertz CT molecular complexity index is 931. The third kappa shape index (κ3) is 5.29. The van der Waals surface area contributed by atoms with Gasteiger partial charge >= 0.3 is 6.03 Å². The third-order valence-electron chi connectivity index (χ3n) is 4.91. The van der Waals surface area contributed by atoms with E-state index in [0.717, 1.165) is 32.4 Å². The fraction of sp³-hybridized carbons (Fsp3) is 0.400. The first-order chi connectivity index (χ1) is 14.4. The maximum Gasteiger partial charge on any atom is 0.321 e. The highest BCUT2D eigenvalue weighted by atomic mass is 35.5. The molecule has 0 bridgehead atoms. The molecule has 2 heterocycles. The van der Waals surface area contributed by atoms with E-state index in [4.69, 9.17) is 17.3 Å². The van der Waals surface area contributed by atoms with Crippen molar-refractivity contribution in [1.82, 2.24) is 14.9 Å². The molecule has 10 heteroatoms. The molecule has 9 nitrogen and oxygen atoms in total. The summed E-state index contributed by atoms with van der Waals surface area (Å²) in [4.78, 5) is 34.4. The van der Waals surface area contributed by atoms with Crippen molar-refractivity contribution in [2.75, 3.05) is 29.0 Å². The molecule has 0 aliphatic carbocycles. The van der Waals surface area contributed by atoms with Crippen LogP contribution in [0.2, 0.25) is 5.02 Å². The predicted octanol–water partition coefficient (Wildman–Crippen LogP) is 3.81. The summed E-state index contributed by atoms with van der Waals surface area (Å²) in [5.41, 5.74) is 6.78. The van der Waals surface area contributed by atoms with Crippen molar-refractivity contribution < 1.29 is 9.59 Å². The van der Waals surface area contributed by atoms with Gasteiger partial charge in [0.05, 0.1) is 16.3 Å². The average molecular weight is 432 g/mol. The van der Waals surface area contributed by atoms with Crippen molar-refractivity contribution in [3.63, 3.8) is 0 Å². The number of nitrogens with one attached hydrogen (secondary N) is 3. The molecule has 0 saturated carbocycles. The van der Waals surface area contributed by atoms with Crippen LogP contribution in [0.4, 0.5) is 27.9 Å². The van der Waals surface area contributed by atoms with E-state index >= 15 is 0 Å². The van der Waals surface area contributed by atoms with Crippen LogP contribution in [0, 0.1) is 0 Å². The van der Waals surface area contributed by atoms with Crippen LogP contribution in [0.5, 0.6) is 0 Å². The highest BCUT2D eigenvalue weighted by molar-refractivity contribution is 6.33. The van der Waals surface area contributed by atoms with Gasteiger partial charge in [-0.05, 0) is 44.4 Å². The summed E-state index contributed by atoms with van der Waals surface area (Å²) in [6, 6.07) is 5.08. The molecular weight excluding hydrogens is 406 g/mol. The number of amides is 3. The second-order valence-corrected chi connectivity index (χ2v) is 7.62. The van der Waals surface area contributed by atoms with Crippen LogP contribution in [-0.2, 0) is 0 Å². The number of carbonyl (C=O) groups is 2. The number of primary amides is 1. The van der Waals surface area contributed by atoms with Crippen LogP contribution in [0.15, 0.2) is 24.4 Å². The minimum atomic E-state index is -0.606. The molecule has 160 valence electrons. The Morgan fingerprint density at radius 3 is 2.70 bits per heavy atom. The first-order valence-corrected chi connectivity index (χ1v) is 10.3. The van der Waals surface area contributed by atoms with Crippen molar-refractivity contribution in [3.8, 4) is 0 Å². The van der Waals surface area contributed by atoms with E-state index in [9.17, 15) is 9.59 Å². The summed E-state index contributed by atoms with van der Waals surface area (Å²) < 4.78 is 0. The van der Waals surface area contributed by atoms with Gasteiger partial charge in [0.25, 0.3) is 5.91 Å². The summed E-state index contributed by atoms with van der Waals surface area (Å²) in [6.07, 6.45) is 4.25. The minimum absolute atomic E-state index is 0.105. The molecule has 1 saturated heterocycles. The maximum atomic E-state index is 12.4. The number of aromatic nitrogens is 2. The normalized spacial score (nSPS) is 14.3. The van der Waals surface area contributed by atoms with E-state index in [2.05, 4.69) is 25.9 Å². The highest BCUT2D eigenvalue weighted by Crippen LogP contribution is 2.28. The SMILES string of the molecule is CCC(C)Nc1nc(Nc2ccc(Cl)c(NC(=O)N3CCCC3)c2)ncc1C(N)=O. The number of carbonyl (C=O) groups excluding carboxylic acids is 2. The first kappa shape index (κ1) is 21.6. The average Bonchev–Trinajstić information content (AvgIpc) is 3.25.